The Morgan fingerprint density at radius 3 is 2.48 bits per heavy atom. The van der Waals surface area contributed by atoms with Crippen LogP contribution in [0.5, 0.6) is 0 Å². The van der Waals surface area contributed by atoms with E-state index in [0.717, 1.165) is 62.2 Å². The highest BCUT2D eigenvalue weighted by Crippen LogP contribution is 2.62. The van der Waals surface area contributed by atoms with Gasteiger partial charge in [0.2, 0.25) is 0 Å². The van der Waals surface area contributed by atoms with E-state index in [1.54, 1.807) is 0 Å². The summed E-state index contributed by atoms with van der Waals surface area (Å²) in [6, 6.07) is 0. The molecule has 4 rings (SSSR count). The molecule has 0 amide bonds. The zero-order valence-electron chi connectivity index (χ0n) is 20.2. The van der Waals surface area contributed by atoms with Crippen molar-refractivity contribution >= 4 is 11.8 Å². The van der Waals surface area contributed by atoms with Gasteiger partial charge in [-0.25, -0.2) is 0 Å². The number of esters is 1. The van der Waals surface area contributed by atoms with E-state index in [0.29, 0.717) is 18.1 Å². The van der Waals surface area contributed by atoms with Crippen LogP contribution in [0.1, 0.15) is 123 Å². The van der Waals surface area contributed by atoms with Gasteiger partial charge in [0.1, 0.15) is 11.9 Å². The fourth-order valence-corrected chi connectivity index (χ4v) is 8.25. The standard InChI is InChI=1S/C28H46O3/c1-3-4-5-6-7-8-9-10-27(30)31-26-16-15-25-24-13-11-20-19-21(29)12-14-22(20)23(24)17-18-28(25,26)2/h20,22-26H,3-19H2,1-2H3/t20-,22-,23+,24+,25-,26?,28-/m1/s1. The predicted octanol–water partition coefficient (Wildman–Crippen LogP) is 7.26. The molecule has 7 atom stereocenters. The minimum Gasteiger partial charge on any atom is -0.462 e. The van der Waals surface area contributed by atoms with Gasteiger partial charge in [-0.1, -0.05) is 52.4 Å². The van der Waals surface area contributed by atoms with E-state index in [1.165, 1.54) is 64.2 Å². The molecule has 176 valence electrons. The number of carbonyl (C=O) groups is 2. The van der Waals surface area contributed by atoms with Crippen LogP contribution in [0.3, 0.4) is 0 Å². The Balaban J connectivity index is 1.26. The van der Waals surface area contributed by atoms with Crippen molar-refractivity contribution in [3.63, 3.8) is 0 Å². The number of rotatable bonds is 9. The molecule has 1 unspecified atom stereocenters. The Kier molecular flexibility index (Phi) is 7.81. The van der Waals surface area contributed by atoms with Crippen molar-refractivity contribution in [3.05, 3.63) is 0 Å². The largest absolute Gasteiger partial charge is 0.462 e. The Hall–Kier alpha value is -0.860. The highest BCUT2D eigenvalue weighted by atomic mass is 16.5. The van der Waals surface area contributed by atoms with Crippen molar-refractivity contribution in [1.29, 1.82) is 0 Å². The summed E-state index contributed by atoms with van der Waals surface area (Å²) in [5.74, 6) is 4.38. The summed E-state index contributed by atoms with van der Waals surface area (Å²) in [6.45, 7) is 4.68. The monoisotopic (exact) mass is 430 g/mol. The smallest absolute Gasteiger partial charge is 0.306 e. The summed E-state index contributed by atoms with van der Waals surface area (Å²) in [6.07, 6.45) is 19.6. The van der Waals surface area contributed by atoms with E-state index in [1.807, 2.05) is 0 Å². The van der Waals surface area contributed by atoms with Gasteiger partial charge in [0, 0.05) is 24.7 Å². The van der Waals surface area contributed by atoms with Crippen LogP contribution in [-0.4, -0.2) is 17.9 Å². The summed E-state index contributed by atoms with van der Waals surface area (Å²) in [4.78, 5) is 24.6. The molecule has 4 aliphatic rings. The molecule has 31 heavy (non-hydrogen) atoms. The van der Waals surface area contributed by atoms with E-state index >= 15 is 0 Å². The third-order valence-electron chi connectivity index (χ3n) is 9.94. The van der Waals surface area contributed by atoms with Gasteiger partial charge in [0.15, 0.2) is 0 Å². The molecular formula is C28H46O3. The lowest BCUT2D eigenvalue weighted by Crippen LogP contribution is -2.50. The lowest BCUT2D eigenvalue weighted by Gasteiger charge is -2.55. The number of ether oxygens (including phenoxy) is 1. The summed E-state index contributed by atoms with van der Waals surface area (Å²) in [7, 11) is 0. The molecule has 3 heteroatoms. The van der Waals surface area contributed by atoms with Gasteiger partial charge in [0.05, 0.1) is 0 Å². The molecule has 0 spiro atoms. The molecule has 0 aromatic heterocycles. The number of Topliss-reactive ketones (excluding diaryl/α,β-unsaturated/α-hetero) is 1. The first-order chi connectivity index (χ1) is 15.0. The molecule has 0 heterocycles. The maximum Gasteiger partial charge on any atom is 0.306 e. The van der Waals surface area contributed by atoms with Crippen LogP contribution >= 0.6 is 0 Å². The number of hydrogen-bond acceptors (Lipinski definition) is 3. The van der Waals surface area contributed by atoms with Crippen LogP contribution in [0.25, 0.3) is 0 Å². The zero-order valence-corrected chi connectivity index (χ0v) is 20.2. The van der Waals surface area contributed by atoms with E-state index in [2.05, 4.69) is 13.8 Å². The molecule has 0 bridgehead atoms. The third-order valence-corrected chi connectivity index (χ3v) is 9.94. The predicted molar refractivity (Wildman–Crippen MR) is 125 cm³/mol. The Bertz CT molecular complexity index is 628. The molecular weight excluding hydrogens is 384 g/mol. The minimum absolute atomic E-state index is 0.0528. The summed E-state index contributed by atoms with van der Waals surface area (Å²) in [5, 5.41) is 0. The number of carbonyl (C=O) groups excluding carboxylic acids is 2. The normalized spacial score (nSPS) is 39.5. The first-order valence-corrected chi connectivity index (χ1v) is 13.7. The average Bonchev–Trinajstić information content (AvgIpc) is 3.09. The van der Waals surface area contributed by atoms with E-state index in [9.17, 15) is 9.59 Å². The molecule has 0 aromatic rings. The molecule has 4 aliphatic carbocycles. The van der Waals surface area contributed by atoms with E-state index in [4.69, 9.17) is 4.74 Å². The molecule has 0 aliphatic heterocycles. The quantitative estimate of drug-likeness (QED) is 0.285. The molecule has 0 saturated heterocycles. The first kappa shape index (κ1) is 23.3. The second-order valence-corrected chi connectivity index (χ2v) is 11.7. The lowest BCUT2D eigenvalue weighted by atomic mass is 9.50. The van der Waals surface area contributed by atoms with E-state index in [-0.39, 0.29) is 17.5 Å². The molecule has 4 fully saturated rings. The zero-order chi connectivity index (χ0) is 21.8. The van der Waals surface area contributed by atoms with Crippen molar-refractivity contribution in [2.24, 2.45) is 35.0 Å². The SMILES string of the molecule is CCCCCCCCCC(=O)OC1CC[C@@H]2[C@H]3CC[C@@H]4CC(=O)CC[C@H]4[C@@H]3CC[C@@]12C. The fourth-order valence-electron chi connectivity index (χ4n) is 8.25. The lowest BCUT2D eigenvalue weighted by molar-refractivity contribution is -0.160. The molecule has 0 aromatic carbocycles. The minimum atomic E-state index is 0.0528. The van der Waals surface area contributed by atoms with Crippen molar-refractivity contribution in [2.45, 2.75) is 129 Å². The highest BCUT2D eigenvalue weighted by Gasteiger charge is 2.58. The van der Waals surface area contributed by atoms with Gasteiger partial charge in [-0.05, 0) is 81.0 Å². The maximum atomic E-state index is 12.6. The van der Waals surface area contributed by atoms with Crippen molar-refractivity contribution in [1.82, 2.24) is 0 Å². The van der Waals surface area contributed by atoms with Gasteiger partial charge in [0.25, 0.3) is 0 Å². The van der Waals surface area contributed by atoms with Crippen molar-refractivity contribution in [2.75, 3.05) is 0 Å². The van der Waals surface area contributed by atoms with Gasteiger partial charge in [-0.2, -0.15) is 0 Å². The maximum absolute atomic E-state index is 12.6. The Labute approximate surface area is 190 Å². The van der Waals surface area contributed by atoms with Crippen LogP contribution in [0.4, 0.5) is 0 Å². The van der Waals surface area contributed by atoms with Gasteiger partial charge >= 0.3 is 5.97 Å². The van der Waals surface area contributed by atoms with Crippen molar-refractivity contribution < 1.29 is 14.3 Å². The van der Waals surface area contributed by atoms with Gasteiger partial charge in [-0.15, -0.1) is 0 Å². The molecule has 0 N–H and O–H groups in total. The highest BCUT2D eigenvalue weighted by molar-refractivity contribution is 5.79. The summed E-state index contributed by atoms with van der Waals surface area (Å²) < 4.78 is 6.15. The third kappa shape index (κ3) is 5.06. The number of hydrogen-bond donors (Lipinski definition) is 0. The van der Waals surface area contributed by atoms with Gasteiger partial charge in [-0.3, -0.25) is 9.59 Å². The number of fused-ring (bicyclic) bond motifs is 5. The second-order valence-electron chi connectivity index (χ2n) is 11.7. The van der Waals surface area contributed by atoms with E-state index < -0.39 is 0 Å². The Morgan fingerprint density at radius 2 is 1.68 bits per heavy atom. The topological polar surface area (TPSA) is 43.4 Å². The Morgan fingerprint density at radius 1 is 0.903 bits per heavy atom. The van der Waals surface area contributed by atoms with Crippen LogP contribution in [0, 0.1) is 35.0 Å². The summed E-state index contributed by atoms with van der Waals surface area (Å²) in [5.41, 5.74) is 0.189. The first-order valence-electron chi connectivity index (χ1n) is 13.7. The molecule has 0 radical (unpaired) electrons. The van der Waals surface area contributed by atoms with Crippen LogP contribution in [0.15, 0.2) is 0 Å². The fraction of sp³-hybridized carbons (Fsp3) is 0.929. The van der Waals surface area contributed by atoms with Crippen molar-refractivity contribution in [3.8, 4) is 0 Å². The van der Waals surface area contributed by atoms with Gasteiger partial charge < -0.3 is 4.74 Å². The van der Waals surface area contributed by atoms with Crippen LogP contribution < -0.4 is 0 Å². The number of unbranched alkanes of at least 4 members (excludes halogenated alkanes) is 6. The summed E-state index contributed by atoms with van der Waals surface area (Å²) >= 11 is 0. The van der Waals surface area contributed by atoms with Crippen LogP contribution in [0.2, 0.25) is 0 Å². The molecule has 4 saturated carbocycles. The average molecular weight is 431 g/mol. The van der Waals surface area contributed by atoms with Crippen LogP contribution in [-0.2, 0) is 14.3 Å². The number of ketones is 1. The second kappa shape index (κ2) is 10.4. The molecule has 3 nitrogen and oxygen atoms in total.